The first-order valence-corrected chi connectivity index (χ1v) is 24.2. The molecule has 318 valence electrons. The van der Waals surface area contributed by atoms with Gasteiger partial charge in [0.1, 0.15) is 0 Å². The van der Waals surface area contributed by atoms with E-state index >= 15 is 0 Å². The van der Waals surface area contributed by atoms with Crippen molar-refractivity contribution in [3.8, 4) is 0 Å². The zero-order chi connectivity index (χ0) is 44.4. The van der Waals surface area contributed by atoms with E-state index in [1.54, 1.807) is 0 Å². The monoisotopic (exact) mass is 851 g/mol. The zero-order valence-corrected chi connectivity index (χ0v) is 40.1. The standard InChI is InChI=1S/C59H58BN3S/c1-56(2,3)34-20-25-37(26-21-34)62-48-29-24-36(58(7,8)9)30-46(48)60-51-49(32-42-40-17-13-15-19-50(40)64-54(42)53(51)62)63(38-27-22-35(23-28-38)57(4,5)6)52-43-31-41-39-16-12-14-18-44(39)59(10,11)45(41)33-47(43)61-55(52)60/h12-33,39,44,61H,1-11H3. The van der Waals surface area contributed by atoms with Gasteiger partial charge in [0.25, 0.3) is 6.71 Å². The lowest BCUT2D eigenvalue weighted by molar-refractivity contribution is 0.394. The Bertz CT molecular complexity index is 3320. The second-order valence-electron chi connectivity index (χ2n) is 22.8. The maximum atomic E-state index is 4.26. The minimum atomic E-state index is -0.0313. The molecule has 0 spiro atoms. The van der Waals surface area contributed by atoms with Crippen LogP contribution < -0.4 is 26.3 Å². The van der Waals surface area contributed by atoms with Crippen molar-refractivity contribution in [1.29, 1.82) is 0 Å². The molecule has 4 aliphatic rings. The molecule has 8 aromatic rings. The fraction of sp³-hybridized carbons (Fsp3) is 0.288. The zero-order valence-electron chi connectivity index (χ0n) is 39.2. The number of H-pyrrole nitrogens is 1. The van der Waals surface area contributed by atoms with E-state index in [0.717, 1.165) is 0 Å². The average Bonchev–Trinajstić information content (AvgIpc) is 3.89. The number of aromatic nitrogens is 1. The van der Waals surface area contributed by atoms with Crippen molar-refractivity contribution in [2.24, 2.45) is 5.92 Å². The maximum absolute atomic E-state index is 4.26. The molecule has 3 nitrogen and oxygen atoms in total. The summed E-state index contributed by atoms with van der Waals surface area (Å²) in [6.07, 6.45) is 9.40. The molecule has 2 aliphatic heterocycles. The molecule has 0 bridgehead atoms. The van der Waals surface area contributed by atoms with Crippen molar-refractivity contribution in [2.75, 3.05) is 9.80 Å². The van der Waals surface area contributed by atoms with E-state index in [-0.39, 0.29) is 28.4 Å². The number of rotatable bonds is 2. The van der Waals surface area contributed by atoms with Crippen molar-refractivity contribution in [1.82, 2.24) is 4.98 Å². The van der Waals surface area contributed by atoms with Gasteiger partial charge < -0.3 is 14.8 Å². The number of nitrogens with zero attached hydrogens (tertiary/aromatic N) is 2. The summed E-state index contributed by atoms with van der Waals surface area (Å²) in [4.78, 5) is 9.52. The molecule has 2 aliphatic carbocycles. The van der Waals surface area contributed by atoms with Gasteiger partial charge in [-0.3, -0.25) is 0 Å². The Morgan fingerprint density at radius 2 is 1.20 bits per heavy atom. The number of nitrogens with one attached hydrogen (secondary N) is 1. The van der Waals surface area contributed by atoms with E-state index in [4.69, 9.17) is 0 Å². The summed E-state index contributed by atoms with van der Waals surface area (Å²) in [7, 11) is 0. The quantitative estimate of drug-likeness (QED) is 0.175. The third-order valence-electron chi connectivity index (χ3n) is 15.3. The highest BCUT2D eigenvalue weighted by Gasteiger charge is 2.49. The molecule has 0 amide bonds. The van der Waals surface area contributed by atoms with Gasteiger partial charge >= 0.3 is 0 Å². The highest BCUT2D eigenvalue weighted by molar-refractivity contribution is 7.26. The predicted octanol–water partition coefficient (Wildman–Crippen LogP) is 14.6. The van der Waals surface area contributed by atoms with Gasteiger partial charge in [0.2, 0.25) is 0 Å². The van der Waals surface area contributed by atoms with Crippen LogP contribution in [0.3, 0.4) is 0 Å². The van der Waals surface area contributed by atoms with Crippen molar-refractivity contribution >= 4 is 99.8 Å². The number of aromatic amines is 1. The molecule has 0 saturated heterocycles. The lowest BCUT2D eigenvalue weighted by Crippen LogP contribution is -2.62. The van der Waals surface area contributed by atoms with Gasteiger partial charge in [-0.05, 0) is 121 Å². The van der Waals surface area contributed by atoms with Gasteiger partial charge in [-0.25, -0.2) is 0 Å². The van der Waals surface area contributed by atoms with Gasteiger partial charge in [0.05, 0.1) is 16.1 Å². The van der Waals surface area contributed by atoms with Crippen LogP contribution in [-0.2, 0) is 21.7 Å². The molecule has 4 heterocycles. The van der Waals surface area contributed by atoms with E-state index < -0.39 is 0 Å². The molecule has 64 heavy (non-hydrogen) atoms. The van der Waals surface area contributed by atoms with Gasteiger partial charge in [0.15, 0.2) is 0 Å². The predicted molar refractivity (Wildman–Crippen MR) is 279 cm³/mol. The van der Waals surface area contributed by atoms with Crippen LogP contribution in [-0.4, -0.2) is 11.7 Å². The van der Waals surface area contributed by atoms with Crippen molar-refractivity contribution in [3.05, 3.63) is 161 Å². The molecule has 5 heteroatoms. The van der Waals surface area contributed by atoms with Crippen LogP contribution >= 0.6 is 11.3 Å². The maximum Gasteiger partial charge on any atom is 0.272 e. The summed E-state index contributed by atoms with van der Waals surface area (Å²) >= 11 is 1.94. The largest absolute Gasteiger partial charge is 0.364 e. The third-order valence-corrected chi connectivity index (χ3v) is 16.5. The summed E-state index contributed by atoms with van der Waals surface area (Å²) in [6, 6.07) is 43.0. The second-order valence-corrected chi connectivity index (χ2v) is 23.8. The summed E-state index contributed by atoms with van der Waals surface area (Å²) in [5.74, 6) is 0.788. The first-order chi connectivity index (χ1) is 30.4. The van der Waals surface area contributed by atoms with Crippen LogP contribution in [0.1, 0.15) is 110 Å². The molecule has 2 aromatic heterocycles. The lowest BCUT2D eigenvalue weighted by atomic mass is 9.35. The van der Waals surface area contributed by atoms with Crippen LogP contribution in [0.2, 0.25) is 0 Å². The van der Waals surface area contributed by atoms with E-state index in [1.165, 1.54) is 110 Å². The first kappa shape index (κ1) is 39.8. The van der Waals surface area contributed by atoms with Crippen LogP contribution in [0.15, 0.2) is 133 Å². The molecule has 0 saturated carbocycles. The van der Waals surface area contributed by atoms with Crippen LogP contribution in [0.4, 0.5) is 34.1 Å². The molecule has 12 rings (SSSR count). The topological polar surface area (TPSA) is 22.3 Å². The van der Waals surface area contributed by atoms with Crippen molar-refractivity contribution < 1.29 is 0 Å². The summed E-state index contributed by atoms with van der Waals surface area (Å²) in [5, 5.41) is 3.92. The Morgan fingerprint density at radius 1 is 0.594 bits per heavy atom. The number of hydrogen-bond acceptors (Lipinski definition) is 3. The number of fused-ring (bicyclic) bond motifs is 13. The number of allylic oxidation sites excluding steroid dienone is 4. The van der Waals surface area contributed by atoms with E-state index in [2.05, 4.69) is 224 Å². The van der Waals surface area contributed by atoms with Gasteiger partial charge in [0, 0.05) is 60.6 Å². The Balaban J connectivity index is 1.23. The van der Waals surface area contributed by atoms with Crippen LogP contribution in [0.25, 0.3) is 31.1 Å². The minimum absolute atomic E-state index is 0.00712. The minimum Gasteiger partial charge on any atom is -0.364 e. The van der Waals surface area contributed by atoms with Crippen LogP contribution in [0, 0.1) is 5.92 Å². The summed E-state index contributed by atoms with van der Waals surface area (Å²) in [5.41, 5.74) is 19.7. The Labute approximate surface area is 383 Å². The Hall–Kier alpha value is -5.78. The molecule has 2 unspecified atom stereocenters. The fourth-order valence-corrected chi connectivity index (χ4v) is 13.0. The van der Waals surface area contributed by atoms with E-state index in [0.29, 0.717) is 11.8 Å². The number of hydrogen-bond donors (Lipinski definition) is 1. The third kappa shape index (κ3) is 5.58. The number of anilines is 6. The van der Waals surface area contributed by atoms with Gasteiger partial charge in [-0.15, -0.1) is 11.3 Å². The van der Waals surface area contributed by atoms with Gasteiger partial charge in [-0.2, -0.15) is 0 Å². The molecule has 0 radical (unpaired) electrons. The van der Waals surface area contributed by atoms with E-state index in [1.807, 2.05) is 11.3 Å². The highest BCUT2D eigenvalue weighted by atomic mass is 32.1. The molecular weight excluding hydrogens is 794 g/mol. The first-order valence-electron chi connectivity index (χ1n) is 23.4. The lowest BCUT2D eigenvalue weighted by Gasteiger charge is -2.44. The van der Waals surface area contributed by atoms with Crippen LogP contribution in [0.5, 0.6) is 0 Å². The molecule has 6 aromatic carbocycles. The average molecular weight is 852 g/mol. The van der Waals surface area contributed by atoms with Crippen molar-refractivity contribution in [3.63, 3.8) is 0 Å². The normalized spacial score (nSPS) is 18.5. The Morgan fingerprint density at radius 3 is 1.86 bits per heavy atom. The molecule has 1 N–H and O–H groups in total. The molecule has 2 atom stereocenters. The summed E-state index contributed by atoms with van der Waals surface area (Å²) in [6.45, 7) is 25.8. The number of thiophene rings is 1. The molecule has 0 fully saturated rings. The SMILES string of the molecule is CC(C)(C)c1ccc(N2c3cc4c(sc5ccccc54)c4c3B(c3cc(C(C)(C)C)ccc3N4c3ccc(C(C)(C)C)cc3)c3[nH]c4cc5c(cc4c32)C2C=CC=CC2C5(C)C)cc1. The Kier molecular flexibility index (Phi) is 8.18. The van der Waals surface area contributed by atoms with E-state index in [9.17, 15) is 0 Å². The summed E-state index contributed by atoms with van der Waals surface area (Å²) < 4.78 is 2.65. The van der Waals surface area contributed by atoms with Crippen molar-refractivity contribution in [2.45, 2.75) is 104 Å². The number of benzene rings is 6. The second kappa shape index (κ2) is 13.2. The smallest absolute Gasteiger partial charge is 0.272 e. The molecular formula is C59H58BN3S. The highest BCUT2D eigenvalue weighted by Crippen LogP contribution is 2.56. The fourth-order valence-electron chi connectivity index (χ4n) is 11.8. The van der Waals surface area contributed by atoms with Gasteiger partial charge in [-0.1, -0.05) is 155 Å².